The molecule has 0 unspecified atom stereocenters. The molecule has 0 bridgehead atoms. The minimum Gasteiger partial charge on any atom is -0.179 e. The molecule has 0 saturated heterocycles. The number of rotatable bonds is 2. The van der Waals surface area contributed by atoms with Crippen LogP contribution in [0.3, 0.4) is 0 Å². The average molecular weight is 623 g/mol. The van der Waals surface area contributed by atoms with Crippen molar-refractivity contribution in [1.29, 1.82) is 0 Å². The van der Waals surface area contributed by atoms with Crippen molar-refractivity contribution in [2.45, 2.75) is 13.3 Å². The zero-order chi connectivity index (χ0) is 25.5. The molecule has 0 radical (unpaired) electrons. The standard InChI is InChI=1S/C13H9.C13H10.C10H9.2ClH.Zr/c1-3-7-12-10(5-1)9-11-6-2-4-8-13(11)12;1-3-7-12(8-4-1)11-13-9-5-2-6-10-13;1-8-6-9-4-2-3-5-10(9)7-8;;;/h1-5,7-8H,9H2;1-10H;2-7H,1H3;2*1H;/q-1;;-1;;;+2/p-2. The first-order chi connectivity index (χ1) is 18.2. The number of aryl methyl sites for hydroxylation is 1. The van der Waals surface area contributed by atoms with Crippen LogP contribution in [0.5, 0.6) is 0 Å². The first-order valence-electron chi connectivity index (χ1n) is 12.6. The Kier molecular flexibility index (Phi) is 11.8. The summed E-state index contributed by atoms with van der Waals surface area (Å²) in [6.07, 6.45) is 1.05. The van der Waals surface area contributed by atoms with Gasteiger partial charge in [0.2, 0.25) is 0 Å². The number of halogens is 2. The van der Waals surface area contributed by atoms with E-state index in [1.54, 1.807) is 0 Å². The van der Waals surface area contributed by atoms with Crippen LogP contribution < -0.4 is 24.8 Å². The van der Waals surface area contributed by atoms with Gasteiger partial charge in [-0.05, 0) is 6.42 Å². The monoisotopic (exact) mass is 620 g/mol. The quantitative estimate of drug-likeness (QED) is 0.261. The van der Waals surface area contributed by atoms with Crippen molar-refractivity contribution < 1.29 is 49.0 Å². The van der Waals surface area contributed by atoms with Gasteiger partial charge in [0.15, 0.2) is 0 Å². The fourth-order valence-corrected chi connectivity index (χ4v) is 5.50. The first-order valence-corrected chi connectivity index (χ1v) is 13.8. The molecule has 0 heterocycles. The van der Waals surface area contributed by atoms with Crippen molar-refractivity contribution in [2.24, 2.45) is 0 Å². The Morgan fingerprint density at radius 3 is 1.90 bits per heavy atom. The molecule has 0 aromatic heterocycles. The van der Waals surface area contributed by atoms with E-state index in [9.17, 15) is 0 Å². The maximum Gasteiger partial charge on any atom is -0.0253 e. The van der Waals surface area contributed by atoms with E-state index in [2.05, 4.69) is 146 Å². The van der Waals surface area contributed by atoms with Crippen LogP contribution in [0.1, 0.15) is 27.8 Å². The molecule has 6 aromatic rings. The molecule has 0 spiro atoms. The van der Waals surface area contributed by atoms with Gasteiger partial charge in [0, 0.05) is 0 Å². The Morgan fingerprint density at radius 1 is 0.667 bits per heavy atom. The molecule has 0 atom stereocenters. The van der Waals surface area contributed by atoms with E-state index in [1.807, 2.05) is 6.07 Å². The van der Waals surface area contributed by atoms with Gasteiger partial charge in [0.05, 0.1) is 0 Å². The fourth-order valence-electron chi connectivity index (χ4n) is 4.68. The number of fused-ring (bicyclic) bond motifs is 4. The van der Waals surface area contributed by atoms with E-state index < -0.39 is 0 Å². The minimum absolute atomic E-state index is 0. The fraction of sp³-hybridized carbons (Fsp3) is 0.0556. The van der Waals surface area contributed by atoms with Gasteiger partial charge in [-0.2, -0.15) is 35.9 Å². The second-order valence-electron chi connectivity index (χ2n) is 9.16. The van der Waals surface area contributed by atoms with E-state index in [4.69, 9.17) is 0 Å². The smallest absolute Gasteiger partial charge is 0.0253 e. The van der Waals surface area contributed by atoms with E-state index >= 15 is 0 Å². The predicted molar refractivity (Wildman–Crippen MR) is 154 cm³/mol. The van der Waals surface area contributed by atoms with E-state index in [0.717, 1.165) is 6.42 Å². The van der Waals surface area contributed by atoms with Crippen molar-refractivity contribution in [2.75, 3.05) is 0 Å². The summed E-state index contributed by atoms with van der Waals surface area (Å²) in [5.74, 6) is 0. The third-order valence-corrected chi connectivity index (χ3v) is 7.92. The Morgan fingerprint density at radius 2 is 1.23 bits per heavy atom. The van der Waals surface area contributed by atoms with E-state index in [-0.39, 0.29) is 24.8 Å². The molecule has 0 aliphatic heterocycles. The van der Waals surface area contributed by atoms with Gasteiger partial charge >= 0.3 is 99.2 Å². The summed E-state index contributed by atoms with van der Waals surface area (Å²) in [6.45, 7) is 2.12. The van der Waals surface area contributed by atoms with Crippen molar-refractivity contribution in [3.05, 3.63) is 173 Å². The Bertz CT molecular complexity index is 1500. The number of hydrogen-bond acceptors (Lipinski definition) is 0. The second-order valence-corrected chi connectivity index (χ2v) is 10.4. The summed E-state index contributed by atoms with van der Waals surface area (Å²) in [5, 5.41) is 2.69. The van der Waals surface area contributed by atoms with E-state index in [0.29, 0.717) is 0 Å². The molecule has 3 heteroatoms. The summed E-state index contributed by atoms with van der Waals surface area (Å²) in [6, 6.07) is 52.0. The van der Waals surface area contributed by atoms with Crippen molar-refractivity contribution in [3.8, 4) is 11.1 Å². The largest absolute Gasteiger partial charge is 0.179 e. The first kappa shape index (κ1) is 30.6. The molecule has 6 aromatic carbocycles. The summed E-state index contributed by atoms with van der Waals surface area (Å²) >= 11 is 1.46. The summed E-state index contributed by atoms with van der Waals surface area (Å²) in [5.41, 5.74) is 9.52. The van der Waals surface area contributed by atoms with Crippen LogP contribution in [0.4, 0.5) is 0 Å². The molecule has 7 rings (SSSR count). The van der Waals surface area contributed by atoms with Crippen LogP contribution >= 0.6 is 0 Å². The van der Waals surface area contributed by atoms with Gasteiger partial charge in [-0.3, -0.25) is 0 Å². The van der Waals surface area contributed by atoms with Gasteiger partial charge in [-0.25, -0.2) is 0 Å². The topological polar surface area (TPSA) is 0 Å². The minimum atomic E-state index is 0. The normalized spacial score (nSPS) is 10.3. The third kappa shape index (κ3) is 7.80. The van der Waals surface area contributed by atoms with E-state index in [1.165, 1.54) is 77.2 Å². The molecule has 0 N–H and O–H groups in total. The SMILES string of the molecule is Cc1cc2ccccc2[cH-]1.[Cl-].[Cl-].[Zr+2]=[C](c1ccccc1)c1ccccc1.[c-]1cccc2c1Cc1ccccc1-2. The molecule has 192 valence electrons. The molecule has 1 aliphatic carbocycles. The zero-order valence-electron chi connectivity index (χ0n) is 21.7. The summed E-state index contributed by atoms with van der Waals surface area (Å²) in [7, 11) is 0. The summed E-state index contributed by atoms with van der Waals surface area (Å²) in [4.78, 5) is 0. The Balaban J connectivity index is 0.000000160. The molecule has 39 heavy (non-hydrogen) atoms. The maximum absolute atomic E-state index is 3.30. The van der Waals surface area contributed by atoms with Crippen LogP contribution in [0.15, 0.2) is 140 Å². The van der Waals surface area contributed by atoms with Crippen LogP contribution in [0, 0.1) is 13.0 Å². The van der Waals surface area contributed by atoms with Crippen molar-refractivity contribution in [3.63, 3.8) is 0 Å². The van der Waals surface area contributed by atoms with Crippen LogP contribution in [0.25, 0.3) is 21.9 Å². The zero-order valence-corrected chi connectivity index (χ0v) is 25.7. The Hall–Kier alpha value is -2.96. The van der Waals surface area contributed by atoms with Crippen LogP contribution in [-0.2, 0) is 30.7 Å². The average Bonchev–Trinajstić information content (AvgIpc) is 3.54. The molecule has 0 saturated carbocycles. The predicted octanol–water partition coefficient (Wildman–Crippen LogP) is 2.74. The molecule has 0 amide bonds. The van der Waals surface area contributed by atoms with Gasteiger partial charge in [-0.1, -0.05) is 48.4 Å². The van der Waals surface area contributed by atoms with Crippen LogP contribution in [-0.4, -0.2) is 3.21 Å². The van der Waals surface area contributed by atoms with Gasteiger partial charge < -0.3 is 24.8 Å². The molecule has 0 fully saturated rings. The Labute approximate surface area is 259 Å². The maximum atomic E-state index is 3.30. The van der Waals surface area contributed by atoms with Crippen molar-refractivity contribution >= 4 is 14.0 Å². The van der Waals surface area contributed by atoms with Gasteiger partial charge in [0.1, 0.15) is 0 Å². The molecule has 0 nitrogen and oxygen atoms in total. The summed E-state index contributed by atoms with van der Waals surface area (Å²) < 4.78 is 1.42. The van der Waals surface area contributed by atoms with Gasteiger partial charge in [-0.15, -0.1) is 46.2 Å². The molecular formula is C36H28Cl2Zr-2. The van der Waals surface area contributed by atoms with Gasteiger partial charge in [0.25, 0.3) is 0 Å². The second kappa shape index (κ2) is 15.0. The van der Waals surface area contributed by atoms with Crippen LogP contribution in [0.2, 0.25) is 0 Å². The van der Waals surface area contributed by atoms with Crippen molar-refractivity contribution in [1.82, 2.24) is 0 Å². The molecule has 1 aliphatic rings. The molecular weight excluding hydrogens is 595 g/mol. The third-order valence-electron chi connectivity index (χ3n) is 6.50. The number of benzene rings is 5. The number of hydrogen-bond donors (Lipinski definition) is 0.